The predicted octanol–water partition coefficient (Wildman–Crippen LogP) is 6.49. The van der Waals surface area contributed by atoms with E-state index in [0.29, 0.717) is 30.6 Å². The molecule has 3 aromatic carbocycles. The molecule has 0 fully saturated rings. The molecule has 0 aromatic heterocycles. The topological polar surface area (TPSA) is 72.0 Å². The predicted molar refractivity (Wildman–Crippen MR) is 137 cm³/mol. The maximum absolute atomic E-state index is 12.0. The standard InChI is InChI=1S/C26H28BrN3O3/c1-18(2)23-11-9-19(3)15-25(23)33-14-13-32-24-12-10-21(27)16-20(24)17-28-30-26(31)29-22-7-5-4-6-8-22/h4-12,15-18H,13-14H2,1-3H3,(H2,29,30,31). The van der Waals surface area contributed by atoms with Crippen molar-refractivity contribution in [3.05, 3.63) is 87.9 Å². The second kappa shape index (κ2) is 12.1. The molecule has 0 aliphatic heterocycles. The van der Waals surface area contributed by atoms with Crippen molar-refractivity contribution in [2.24, 2.45) is 5.10 Å². The largest absolute Gasteiger partial charge is 0.490 e. The number of amides is 2. The molecule has 0 aliphatic rings. The number of anilines is 1. The molecule has 0 radical (unpaired) electrons. The number of nitrogens with zero attached hydrogens (tertiary/aromatic N) is 1. The highest BCUT2D eigenvalue weighted by molar-refractivity contribution is 9.10. The average Bonchev–Trinajstić information content (AvgIpc) is 2.78. The Bertz CT molecular complexity index is 1100. The molecule has 3 rings (SSSR count). The SMILES string of the molecule is Cc1ccc(C(C)C)c(OCCOc2ccc(Br)cc2C=NNC(=O)Nc2ccccc2)c1. The van der Waals surface area contributed by atoms with E-state index in [-0.39, 0.29) is 0 Å². The van der Waals surface area contributed by atoms with Gasteiger partial charge in [0.1, 0.15) is 24.7 Å². The highest BCUT2D eigenvalue weighted by Crippen LogP contribution is 2.27. The van der Waals surface area contributed by atoms with Gasteiger partial charge in [0.15, 0.2) is 0 Å². The molecular weight excluding hydrogens is 482 g/mol. The second-order valence-corrected chi connectivity index (χ2v) is 8.68. The fraction of sp³-hybridized carbons (Fsp3) is 0.231. The summed E-state index contributed by atoms with van der Waals surface area (Å²) in [6.07, 6.45) is 1.54. The summed E-state index contributed by atoms with van der Waals surface area (Å²) in [6.45, 7) is 7.13. The number of halogens is 1. The van der Waals surface area contributed by atoms with Gasteiger partial charge in [0.05, 0.1) is 6.21 Å². The molecule has 2 N–H and O–H groups in total. The Hall–Kier alpha value is -3.32. The molecule has 172 valence electrons. The lowest BCUT2D eigenvalue weighted by Crippen LogP contribution is -2.24. The Morgan fingerprint density at radius 3 is 2.45 bits per heavy atom. The van der Waals surface area contributed by atoms with Gasteiger partial charge in [-0.15, -0.1) is 0 Å². The van der Waals surface area contributed by atoms with E-state index in [4.69, 9.17) is 9.47 Å². The third kappa shape index (κ3) is 7.64. The van der Waals surface area contributed by atoms with Crippen LogP contribution in [0.1, 0.15) is 36.5 Å². The van der Waals surface area contributed by atoms with Crippen LogP contribution in [0.2, 0.25) is 0 Å². The molecule has 0 atom stereocenters. The zero-order valence-electron chi connectivity index (χ0n) is 19.0. The van der Waals surface area contributed by atoms with E-state index in [1.807, 2.05) is 36.4 Å². The number of carbonyl (C=O) groups is 1. The van der Waals surface area contributed by atoms with Crippen LogP contribution >= 0.6 is 15.9 Å². The highest BCUT2D eigenvalue weighted by atomic mass is 79.9. The van der Waals surface area contributed by atoms with Gasteiger partial charge in [0.2, 0.25) is 0 Å². The average molecular weight is 510 g/mol. The molecule has 6 nitrogen and oxygen atoms in total. The number of hydrogen-bond donors (Lipinski definition) is 2. The molecule has 2 amide bonds. The smallest absolute Gasteiger partial charge is 0.339 e. The van der Waals surface area contributed by atoms with Crippen molar-refractivity contribution in [1.29, 1.82) is 0 Å². The third-order valence-electron chi connectivity index (χ3n) is 4.76. The summed E-state index contributed by atoms with van der Waals surface area (Å²) in [7, 11) is 0. The van der Waals surface area contributed by atoms with E-state index < -0.39 is 6.03 Å². The van der Waals surface area contributed by atoms with Gasteiger partial charge in [-0.25, -0.2) is 10.2 Å². The third-order valence-corrected chi connectivity index (χ3v) is 5.26. The molecular formula is C26H28BrN3O3. The number of hydrogen-bond acceptors (Lipinski definition) is 4. The fourth-order valence-electron chi connectivity index (χ4n) is 3.14. The molecule has 0 saturated carbocycles. The minimum Gasteiger partial charge on any atom is -0.490 e. The first-order chi connectivity index (χ1) is 15.9. The molecule has 0 spiro atoms. The Morgan fingerprint density at radius 2 is 1.73 bits per heavy atom. The van der Waals surface area contributed by atoms with Gasteiger partial charge in [-0.1, -0.05) is 60.1 Å². The number of hydrazone groups is 1. The summed E-state index contributed by atoms with van der Waals surface area (Å²) < 4.78 is 12.8. The minimum atomic E-state index is -0.428. The van der Waals surface area contributed by atoms with Gasteiger partial charge in [0, 0.05) is 15.7 Å². The molecule has 0 saturated heterocycles. The van der Waals surface area contributed by atoms with E-state index in [1.165, 1.54) is 5.56 Å². The zero-order chi connectivity index (χ0) is 23.6. The lowest BCUT2D eigenvalue weighted by atomic mass is 10.0. The molecule has 0 aliphatic carbocycles. The molecule has 0 heterocycles. The van der Waals surface area contributed by atoms with Crippen molar-refractivity contribution < 1.29 is 14.3 Å². The van der Waals surface area contributed by atoms with Crippen molar-refractivity contribution in [3.8, 4) is 11.5 Å². The van der Waals surface area contributed by atoms with Crippen molar-refractivity contribution in [3.63, 3.8) is 0 Å². The van der Waals surface area contributed by atoms with Crippen LogP contribution in [0.5, 0.6) is 11.5 Å². The monoisotopic (exact) mass is 509 g/mol. The molecule has 3 aromatic rings. The number of urea groups is 1. The Kier molecular flexibility index (Phi) is 8.89. The number of para-hydroxylation sites is 1. The van der Waals surface area contributed by atoms with E-state index >= 15 is 0 Å². The maximum Gasteiger partial charge on any atom is 0.339 e. The van der Waals surface area contributed by atoms with Gasteiger partial charge in [-0.3, -0.25) is 0 Å². The number of ether oxygens (including phenoxy) is 2. The summed E-state index contributed by atoms with van der Waals surface area (Å²) in [4.78, 5) is 12.0. The molecule has 7 heteroatoms. The van der Waals surface area contributed by atoms with Crippen LogP contribution in [-0.2, 0) is 0 Å². The van der Waals surface area contributed by atoms with Crippen LogP contribution in [-0.4, -0.2) is 25.5 Å². The quantitative estimate of drug-likeness (QED) is 0.196. The maximum atomic E-state index is 12.0. The van der Waals surface area contributed by atoms with Crippen LogP contribution in [0.3, 0.4) is 0 Å². The van der Waals surface area contributed by atoms with E-state index in [0.717, 1.165) is 21.3 Å². The Labute approximate surface area is 203 Å². The van der Waals surface area contributed by atoms with Crippen LogP contribution < -0.4 is 20.2 Å². The molecule has 0 bridgehead atoms. The first-order valence-corrected chi connectivity index (χ1v) is 11.5. The number of rotatable bonds is 9. The summed E-state index contributed by atoms with van der Waals surface area (Å²) in [5.41, 5.74) is 6.21. The van der Waals surface area contributed by atoms with Crippen molar-refractivity contribution in [2.45, 2.75) is 26.7 Å². The summed E-state index contributed by atoms with van der Waals surface area (Å²) in [5.74, 6) is 1.91. The van der Waals surface area contributed by atoms with Crippen molar-refractivity contribution in [2.75, 3.05) is 18.5 Å². The zero-order valence-corrected chi connectivity index (χ0v) is 20.6. The minimum absolute atomic E-state index is 0.371. The van der Waals surface area contributed by atoms with Gasteiger partial charge >= 0.3 is 6.03 Å². The second-order valence-electron chi connectivity index (χ2n) is 7.77. The van der Waals surface area contributed by atoms with Gasteiger partial charge < -0.3 is 14.8 Å². The van der Waals surface area contributed by atoms with Crippen LogP contribution in [0.15, 0.2) is 76.3 Å². The molecule has 0 unspecified atom stereocenters. The molecule has 33 heavy (non-hydrogen) atoms. The summed E-state index contributed by atoms with van der Waals surface area (Å²) >= 11 is 3.46. The number of aryl methyl sites for hydroxylation is 1. The van der Waals surface area contributed by atoms with Gasteiger partial charge in [-0.2, -0.15) is 5.10 Å². The normalized spacial score (nSPS) is 10.9. The Balaban J connectivity index is 1.56. The lowest BCUT2D eigenvalue weighted by molar-refractivity contribution is 0.215. The lowest BCUT2D eigenvalue weighted by Gasteiger charge is -2.15. The Morgan fingerprint density at radius 1 is 1.00 bits per heavy atom. The van der Waals surface area contributed by atoms with E-state index in [9.17, 15) is 4.79 Å². The van der Waals surface area contributed by atoms with E-state index in [1.54, 1.807) is 18.3 Å². The first-order valence-electron chi connectivity index (χ1n) is 10.7. The fourth-order valence-corrected chi connectivity index (χ4v) is 3.52. The number of nitrogens with one attached hydrogen (secondary N) is 2. The van der Waals surface area contributed by atoms with Gasteiger partial charge in [-0.05, 0) is 60.4 Å². The summed E-state index contributed by atoms with van der Waals surface area (Å²) in [5, 5.41) is 6.74. The van der Waals surface area contributed by atoms with E-state index in [2.05, 4.69) is 70.7 Å². The van der Waals surface area contributed by atoms with Crippen molar-refractivity contribution in [1.82, 2.24) is 5.43 Å². The van der Waals surface area contributed by atoms with Crippen LogP contribution in [0, 0.1) is 6.92 Å². The summed E-state index contributed by atoms with van der Waals surface area (Å²) in [6, 6.07) is 20.6. The highest BCUT2D eigenvalue weighted by Gasteiger charge is 2.09. The van der Waals surface area contributed by atoms with Gasteiger partial charge in [0.25, 0.3) is 0 Å². The number of carbonyl (C=O) groups excluding carboxylic acids is 1. The van der Waals surface area contributed by atoms with Crippen LogP contribution in [0.25, 0.3) is 0 Å². The first kappa shape index (κ1) is 24.3. The number of benzene rings is 3. The van der Waals surface area contributed by atoms with Crippen molar-refractivity contribution >= 4 is 33.9 Å². The van der Waals surface area contributed by atoms with Crippen LogP contribution in [0.4, 0.5) is 10.5 Å².